The summed E-state index contributed by atoms with van der Waals surface area (Å²) in [7, 11) is 0. The molecule has 1 aliphatic carbocycles. The van der Waals surface area contributed by atoms with Gasteiger partial charge in [-0.3, -0.25) is 4.79 Å². The zero-order valence-electron chi connectivity index (χ0n) is 11.7. The molecule has 0 radical (unpaired) electrons. The van der Waals surface area contributed by atoms with E-state index in [1.807, 2.05) is 17.5 Å². The van der Waals surface area contributed by atoms with Crippen LogP contribution in [0.3, 0.4) is 0 Å². The highest BCUT2D eigenvalue weighted by molar-refractivity contribution is 7.10. The molecule has 1 fully saturated rings. The molecule has 2 aromatic rings. The van der Waals surface area contributed by atoms with Gasteiger partial charge in [0.15, 0.2) is 0 Å². The first-order valence-corrected chi connectivity index (χ1v) is 8.21. The van der Waals surface area contributed by atoms with Crippen LogP contribution in [-0.2, 0) is 4.79 Å². The van der Waals surface area contributed by atoms with Crippen molar-refractivity contribution >= 4 is 17.2 Å². The molecule has 3 rings (SSSR count). The molecular formula is C17H18FNOS. The highest BCUT2D eigenvalue weighted by Gasteiger charge is 2.26. The average molecular weight is 303 g/mol. The number of thiophene rings is 1. The van der Waals surface area contributed by atoms with Gasteiger partial charge < -0.3 is 5.32 Å². The Morgan fingerprint density at radius 3 is 2.52 bits per heavy atom. The molecule has 1 atom stereocenters. The SMILES string of the molecule is O=C(NC(c1ccc(F)cc1)c1cccs1)C1CCCC1. The molecule has 1 aromatic carbocycles. The van der Waals surface area contributed by atoms with Gasteiger partial charge in [-0.2, -0.15) is 0 Å². The number of hydrogen-bond donors (Lipinski definition) is 1. The Balaban J connectivity index is 1.82. The predicted molar refractivity (Wildman–Crippen MR) is 82.7 cm³/mol. The third-order valence-electron chi connectivity index (χ3n) is 4.04. The van der Waals surface area contributed by atoms with Crippen molar-refractivity contribution in [2.75, 3.05) is 0 Å². The summed E-state index contributed by atoms with van der Waals surface area (Å²) in [5.41, 5.74) is 0.921. The summed E-state index contributed by atoms with van der Waals surface area (Å²) in [6.07, 6.45) is 4.23. The summed E-state index contributed by atoms with van der Waals surface area (Å²) in [4.78, 5) is 13.5. The van der Waals surface area contributed by atoms with Gasteiger partial charge in [-0.25, -0.2) is 4.39 Å². The van der Waals surface area contributed by atoms with E-state index in [1.54, 1.807) is 23.5 Å². The Hall–Kier alpha value is -1.68. The van der Waals surface area contributed by atoms with Crippen molar-refractivity contribution in [3.8, 4) is 0 Å². The summed E-state index contributed by atoms with van der Waals surface area (Å²) < 4.78 is 13.1. The Labute approximate surface area is 128 Å². The topological polar surface area (TPSA) is 29.1 Å². The van der Waals surface area contributed by atoms with E-state index in [1.165, 1.54) is 12.1 Å². The summed E-state index contributed by atoms with van der Waals surface area (Å²) >= 11 is 1.61. The number of nitrogens with one attached hydrogen (secondary N) is 1. The second kappa shape index (κ2) is 6.39. The third-order valence-corrected chi connectivity index (χ3v) is 4.98. The zero-order chi connectivity index (χ0) is 14.7. The average Bonchev–Trinajstić information content (AvgIpc) is 3.19. The first-order valence-electron chi connectivity index (χ1n) is 7.33. The Morgan fingerprint density at radius 2 is 1.90 bits per heavy atom. The van der Waals surface area contributed by atoms with Crippen LogP contribution in [0.25, 0.3) is 0 Å². The number of carbonyl (C=O) groups is 1. The lowest BCUT2D eigenvalue weighted by Crippen LogP contribution is -2.33. The molecule has 1 N–H and O–H groups in total. The van der Waals surface area contributed by atoms with Crippen LogP contribution in [-0.4, -0.2) is 5.91 Å². The molecule has 1 unspecified atom stereocenters. The molecule has 4 heteroatoms. The smallest absolute Gasteiger partial charge is 0.223 e. The van der Waals surface area contributed by atoms with Crippen molar-refractivity contribution in [3.05, 3.63) is 58.0 Å². The Morgan fingerprint density at radius 1 is 1.19 bits per heavy atom. The van der Waals surface area contributed by atoms with Gasteiger partial charge in [0.05, 0.1) is 6.04 Å². The van der Waals surface area contributed by atoms with E-state index in [9.17, 15) is 9.18 Å². The molecule has 0 spiro atoms. The van der Waals surface area contributed by atoms with Crippen LogP contribution in [0.1, 0.15) is 42.2 Å². The maximum Gasteiger partial charge on any atom is 0.223 e. The molecule has 1 saturated carbocycles. The van der Waals surface area contributed by atoms with Gasteiger partial charge in [0, 0.05) is 10.8 Å². The molecule has 1 amide bonds. The van der Waals surface area contributed by atoms with Gasteiger partial charge in [0.1, 0.15) is 5.82 Å². The van der Waals surface area contributed by atoms with Gasteiger partial charge in [0.2, 0.25) is 5.91 Å². The molecule has 1 aliphatic rings. The van der Waals surface area contributed by atoms with Gasteiger partial charge in [-0.15, -0.1) is 11.3 Å². The largest absolute Gasteiger partial charge is 0.344 e. The minimum atomic E-state index is -0.259. The lowest BCUT2D eigenvalue weighted by molar-refractivity contribution is -0.125. The molecule has 110 valence electrons. The van der Waals surface area contributed by atoms with Crippen LogP contribution < -0.4 is 5.32 Å². The lowest BCUT2D eigenvalue weighted by atomic mass is 10.0. The fraction of sp³-hybridized carbons (Fsp3) is 0.353. The van der Waals surface area contributed by atoms with E-state index in [2.05, 4.69) is 5.32 Å². The van der Waals surface area contributed by atoms with Crippen LogP contribution in [0.4, 0.5) is 4.39 Å². The summed E-state index contributed by atoms with van der Waals surface area (Å²) in [6, 6.07) is 10.2. The third kappa shape index (κ3) is 3.32. The van der Waals surface area contributed by atoms with Crippen molar-refractivity contribution < 1.29 is 9.18 Å². The Kier molecular flexibility index (Phi) is 4.34. The monoisotopic (exact) mass is 303 g/mol. The van der Waals surface area contributed by atoms with Gasteiger partial charge in [-0.1, -0.05) is 31.0 Å². The van der Waals surface area contributed by atoms with Crippen LogP contribution in [0.2, 0.25) is 0 Å². The summed E-state index contributed by atoms with van der Waals surface area (Å²) in [5, 5.41) is 5.14. The van der Waals surface area contributed by atoms with E-state index < -0.39 is 0 Å². The van der Waals surface area contributed by atoms with Crippen molar-refractivity contribution in [2.45, 2.75) is 31.7 Å². The maximum atomic E-state index is 13.1. The van der Waals surface area contributed by atoms with Crippen LogP contribution in [0, 0.1) is 11.7 Å². The van der Waals surface area contributed by atoms with Crippen molar-refractivity contribution in [1.29, 1.82) is 0 Å². The first kappa shape index (κ1) is 14.3. The van der Waals surface area contributed by atoms with Crippen LogP contribution in [0.5, 0.6) is 0 Å². The van der Waals surface area contributed by atoms with Crippen LogP contribution in [0.15, 0.2) is 41.8 Å². The molecular weight excluding hydrogens is 285 g/mol. The number of hydrogen-bond acceptors (Lipinski definition) is 2. The number of benzene rings is 1. The first-order chi connectivity index (χ1) is 10.2. The Bertz CT molecular complexity index is 588. The molecule has 2 nitrogen and oxygen atoms in total. The lowest BCUT2D eigenvalue weighted by Gasteiger charge is -2.20. The van der Waals surface area contributed by atoms with Gasteiger partial charge in [0.25, 0.3) is 0 Å². The highest BCUT2D eigenvalue weighted by atomic mass is 32.1. The number of amides is 1. The standard InChI is InChI=1S/C17H18FNOS/c18-14-9-7-12(8-10-14)16(15-6-3-11-21-15)19-17(20)13-4-1-2-5-13/h3,6-11,13,16H,1-2,4-5H2,(H,19,20). The summed E-state index contributed by atoms with van der Waals surface area (Å²) in [6.45, 7) is 0. The minimum absolute atomic E-state index is 0.121. The second-order valence-electron chi connectivity index (χ2n) is 5.49. The highest BCUT2D eigenvalue weighted by Crippen LogP contribution is 2.29. The molecule has 0 aliphatic heterocycles. The van der Waals surface area contributed by atoms with E-state index in [0.717, 1.165) is 36.1 Å². The minimum Gasteiger partial charge on any atom is -0.344 e. The molecule has 1 heterocycles. The van der Waals surface area contributed by atoms with E-state index in [4.69, 9.17) is 0 Å². The van der Waals surface area contributed by atoms with Gasteiger partial charge >= 0.3 is 0 Å². The van der Waals surface area contributed by atoms with Crippen molar-refractivity contribution in [2.24, 2.45) is 5.92 Å². The van der Waals surface area contributed by atoms with Gasteiger partial charge in [-0.05, 0) is 42.0 Å². The van der Waals surface area contributed by atoms with Crippen molar-refractivity contribution in [3.63, 3.8) is 0 Å². The van der Waals surface area contributed by atoms with E-state index in [-0.39, 0.29) is 23.7 Å². The number of halogens is 1. The summed E-state index contributed by atoms with van der Waals surface area (Å²) in [5.74, 6) is -0.00562. The maximum absolute atomic E-state index is 13.1. The number of carbonyl (C=O) groups excluding carboxylic acids is 1. The van der Waals surface area contributed by atoms with Crippen molar-refractivity contribution in [1.82, 2.24) is 5.32 Å². The predicted octanol–water partition coefficient (Wildman–Crippen LogP) is 4.28. The number of rotatable bonds is 4. The zero-order valence-corrected chi connectivity index (χ0v) is 12.5. The fourth-order valence-electron chi connectivity index (χ4n) is 2.88. The quantitative estimate of drug-likeness (QED) is 0.897. The fourth-order valence-corrected chi connectivity index (χ4v) is 3.68. The molecule has 0 bridgehead atoms. The normalized spacial score (nSPS) is 16.8. The molecule has 1 aromatic heterocycles. The van der Waals surface area contributed by atoms with E-state index >= 15 is 0 Å². The second-order valence-corrected chi connectivity index (χ2v) is 6.47. The molecule has 21 heavy (non-hydrogen) atoms. The molecule has 0 saturated heterocycles. The van der Waals surface area contributed by atoms with E-state index in [0.29, 0.717) is 0 Å². The van der Waals surface area contributed by atoms with Crippen LogP contribution >= 0.6 is 11.3 Å².